The van der Waals surface area contributed by atoms with Gasteiger partial charge in [0.15, 0.2) is 0 Å². The summed E-state index contributed by atoms with van der Waals surface area (Å²) in [6, 6.07) is 16.0. The van der Waals surface area contributed by atoms with Gasteiger partial charge >= 0.3 is 0 Å². The molecule has 2 heteroatoms. The van der Waals surface area contributed by atoms with Gasteiger partial charge in [-0.15, -0.1) is 0 Å². The predicted molar refractivity (Wildman–Crippen MR) is 169 cm³/mol. The molecule has 2 aromatic carbocycles. The molecule has 0 amide bonds. The number of hydrogen-bond acceptors (Lipinski definition) is 1. The maximum absolute atomic E-state index is 12.2. The Kier molecular flexibility index (Phi) is 7.27. The highest BCUT2D eigenvalue weighted by atomic mass is 28.3. The van der Waals surface area contributed by atoms with Crippen LogP contribution in [0.15, 0.2) is 64.8 Å². The van der Waals surface area contributed by atoms with Gasteiger partial charge in [-0.3, -0.25) is 0 Å². The van der Waals surface area contributed by atoms with E-state index in [9.17, 15) is 5.11 Å². The van der Waals surface area contributed by atoms with Gasteiger partial charge in [0, 0.05) is 0 Å². The van der Waals surface area contributed by atoms with Gasteiger partial charge in [-0.1, -0.05) is 121 Å². The van der Waals surface area contributed by atoms with Crippen molar-refractivity contribution in [3.05, 3.63) is 75.9 Å². The molecule has 0 spiro atoms. The molecule has 38 heavy (non-hydrogen) atoms. The molecule has 0 aromatic heterocycles. The third-order valence-corrected chi connectivity index (χ3v) is 16.1. The Balaban J connectivity index is 2.12. The number of aromatic hydroxyl groups is 1. The summed E-state index contributed by atoms with van der Waals surface area (Å²) < 4.78 is 0. The molecule has 2 aliphatic carbocycles. The number of phenols is 1. The zero-order valence-corrected chi connectivity index (χ0v) is 27.4. The molecule has 4 rings (SSSR count). The number of phenolic OH excluding ortho intramolecular Hbond substituents is 1. The molecular formula is C36H52OSi. The molecule has 2 aromatic rings. The van der Waals surface area contributed by atoms with Crippen LogP contribution in [0.2, 0.25) is 12.1 Å². The summed E-state index contributed by atoms with van der Waals surface area (Å²) in [6.07, 6.45) is 0. The number of allylic oxidation sites excluding steroid dienone is 4. The van der Waals surface area contributed by atoms with Crippen LogP contribution >= 0.6 is 0 Å². The second-order valence-electron chi connectivity index (χ2n) is 14.9. The zero-order valence-electron chi connectivity index (χ0n) is 26.4. The Hall–Kier alpha value is -2.06. The number of rotatable bonds is 3. The van der Waals surface area contributed by atoms with E-state index in [0.29, 0.717) is 35.0 Å². The molecule has 0 bridgehead atoms. The van der Waals surface area contributed by atoms with Crippen molar-refractivity contribution in [1.82, 2.24) is 0 Å². The van der Waals surface area contributed by atoms with Crippen molar-refractivity contribution in [3.63, 3.8) is 0 Å². The normalized spacial score (nSPS) is 28.0. The maximum Gasteiger partial charge on any atom is 0.123 e. The number of hydrogen-bond donors (Lipinski definition) is 1. The van der Waals surface area contributed by atoms with Gasteiger partial charge < -0.3 is 5.11 Å². The van der Waals surface area contributed by atoms with Gasteiger partial charge in [0.1, 0.15) is 13.8 Å². The largest absolute Gasteiger partial charge is 0.508 e. The predicted octanol–water partition coefficient (Wildman–Crippen LogP) is 8.75. The lowest BCUT2D eigenvalue weighted by Gasteiger charge is -2.44. The lowest BCUT2D eigenvalue weighted by atomic mass is 9.72. The van der Waals surface area contributed by atoms with E-state index in [1.54, 1.807) is 11.1 Å². The first-order valence-corrected chi connectivity index (χ1v) is 17.3. The quantitative estimate of drug-likeness (QED) is 0.395. The molecule has 0 radical (unpaired) electrons. The molecule has 206 valence electrons. The van der Waals surface area contributed by atoms with E-state index in [1.165, 1.54) is 27.1 Å². The Morgan fingerprint density at radius 3 is 1.74 bits per heavy atom. The topological polar surface area (TPSA) is 20.2 Å². The molecule has 1 nitrogen and oxygen atoms in total. The van der Waals surface area contributed by atoms with Crippen molar-refractivity contribution in [2.45, 2.75) is 106 Å². The standard InChI is InChI=1S/C36H52OSi/c1-21-22(2)24(4)32-31(23(21)3)25(5)26(6)34(32)38(13,28-17-15-14-16-18-28)30-20-27(35(7,8)9)19-29(33(30)37)36(10,11)12/h14-20,25-26,31-32,34,37H,1-13H3. The Morgan fingerprint density at radius 1 is 0.711 bits per heavy atom. The average molecular weight is 529 g/mol. The molecule has 6 atom stereocenters. The van der Waals surface area contributed by atoms with Crippen LogP contribution in [0.1, 0.15) is 94.2 Å². The van der Waals surface area contributed by atoms with Crippen LogP contribution in [-0.2, 0) is 10.8 Å². The molecule has 2 aliphatic rings. The summed E-state index contributed by atoms with van der Waals surface area (Å²) in [4.78, 5) is 0. The van der Waals surface area contributed by atoms with Gasteiger partial charge in [-0.25, -0.2) is 0 Å². The Labute approximate surface area is 234 Å². The maximum atomic E-state index is 12.2. The summed E-state index contributed by atoms with van der Waals surface area (Å²) in [6.45, 7) is 30.7. The molecule has 1 N–H and O–H groups in total. The average Bonchev–Trinajstić information content (AvgIpc) is 3.11. The summed E-state index contributed by atoms with van der Waals surface area (Å²) in [7, 11) is -2.48. The van der Waals surface area contributed by atoms with Crippen molar-refractivity contribution in [3.8, 4) is 5.75 Å². The minimum atomic E-state index is -2.48. The molecule has 6 unspecified atom stereocenters. The number of fused-ring (bicyclic) bond motifs is 1. The van der Waals surface area contributed by atoms with Crippen molar-refractivity contribution >= 4 is 18.4 Å². The van der Waals surface area contributed by atoms with E-state index >= 15 is 0 Å². The van der Waals surface area contributed by atoms with E-state index in [2.05, 4.69) is 132 Å². The van der Waals surface area contributed by atoms with Crippen molar-refractivity contribution in [2.24, 2.45) is 23.7 Å². The van der Waals surface area contributed by atoms with E-state index in [1.807, 2.05) is 0 Å². The lowest BCUT2D eigenvalue weighted by molar-refractivity contribution is 0.371. The minimum Gasteiger partial charge on any atom is -0.508 e. The van der Waals surface area contributed by atoms with E-state index in [-0.39, 0.29) is 10.8 Å². The third-order valence-electron chi connectivity index (χ3n) is 10.9. The van der Waals surface area contributed by atoms with E-state index < -0.39 is 8.07 Å². The van der Waals surface area contributed by atoms with E-state index in [4.69, 9.17) is 0 Å². The molecule has 0 heterocycles. The zero-order chi connectivity index (χ0) is 28.5. The first-order valence-electron chi connectivity index (χ1n) is 14.7. The highest BCUT2D eigenvalue weighted by Crippen LogP contribution is 2.61. The molecular weight excluding hydrogens is 476 g/mol. The SMILES string of the molecule is CC1=C(C)C2C(C)C(C)C([Si](C)(c3ccccc3)c3cc(C(C)(C)C)cc(C(C)(C)C)c3O)C2C(C)=C1C. The first kappa shape index (κ1) is 28.9. The molecule has 1 saturated carbocycles. The fraction of sp³-hybridized carbons (Fsp3) is 0.556. The Morgan fingerprint density at radius 2 is 1.24 bits per heavy atom. The second kappa shape index (κ2) is 9.54. The van der Waals surface area contributed by atoms with Crippen LogP contribution in [-0.4, -0.2) is 13.2 Å². The summed E-state index contributed by atoms with van der Waals surface area (Å²) >= 11 is 0. The molecule has 0 saturated heterocycles. The fourth-order valence-electron chi connectivity index (χ4n) is 8.06. The number of benzene rings is 2. The van der Waals surface area contributed by atoms with Crippen LogP contribution in [0, 0.1) is 23.7 Å². The van der Waals surface area contributed by atoms with Crippen LogP contribution in [0.5, 0.6) is 5.75 Å². The first-order chi connectivity index (χ1) is 17.4. The third kappa shape index (κ3) is 4.36. The van der Waals surface area contributed by atoms with Crippen molar-refractivity contribution < 1.29 is 5.11 Å². The van der Waals surface area contributed by atoms with Gasteiger partial charge in [-0.05, 0) is 95.2 Å². The van der Waals surface area contributed by atoms with Gasteiger partial charge in [0.05, 0.1) is 0 Å². The van der Waals surface area contributed by atoms with E-state index in [0.717, 1.165) is 5.56 Å². The minimum absolute atomic E-state index is 0.000743. The van der Waals surface area contributed by atoms with Crippen molar-refractivity contribution in [2.75, 3.05) is 0 Å². The van der Waals surface area contributed by atoms with Gasteiger partial charge in [-0.2, -0.15) is 0 Å². The molecule has 1 fully saturated rings. The molecule has 0 aliphatic heterocycles. The van der Waals surface area contributed by atoms with Gasteiger partial charge in [0.25, 0.3) is 0 Å². The second-order valence-corrected chi connectivity index (χ2v) is 19.1. The lowest BCUT2D eigenvalue weighted by Crippen LogP contribution is -2.62. The summed E-state index contributed by atoms with van der Waals surface area (Å²) in [5, 5.41) is 14.9. The van der Waals surface area contributed by atoms with Gasteiger partial charge in [0.2, 0.25) is 0 Å². The summed E-state index contributed by atoms with van der Waals surface area (Å²) in [5.41, 5.74) is 8.93. The fourth-order valence-corrected chi connectivity index (χ4v) is 13.6. The van der Waals surface area contributed by atoms with Crippen LogP contribution in [0.25, 0.3) is 0 Å². The smallest absolute Gasteiger partial charge is 0.123 e. The highest BCUT2D eigenvalue weighted by molar-refractivity contribution is 7.03. The van der Waals surface area contributed by atoms with Crippen LogP contribution < -0.4 is 10.4 Å². The van der Waals surface area contributed by atoms with Crippen molar-refractivity contribution in [1.29, 1.82) is 0 Å². The van der Waals surface area contributed by atoms with Crippen LogP contribution in [0.3, 0.4) is 0 Å². The highest BCUT2D eigenvalue weighted by Gasteiger charge is 2.58. The van der Waals surface area contributed by atoms with Crippen LogP contribution in [0.4, 0.5) is 0 Å². The Bertz CT molecular complexity index is 1280. The monoisotopic (exact) mass is 528 g/mol. The summed E-state index contributed by atoms with van der Waals surface area (Å²) in [5.74, 6) is 2.79.